The normalized spacial score (nSPS) is 21.6. The smallest absolute Gasteiger partial charge is 0.304 e. The first-order valence-electron chi connectivity index (χ1n) is 8.65. The van der Waals surface area contributed by atoms with Gasteiger partial charge in [-0.3, -0.25) is 9.59 Å². The number of aliphatic carboxylic acids is 2. The third kappa shape index (κ3) is 5.56. The molecule has 1 saturated carbocycles. The molecule has 1 aliphatic rings. The van der Waals surface area contributed by atoms with Crippen molar-refractivity contribution >= 4 is 27.9 Å². The van der Waals surface area contributed by atoms with E-state index in [0.29, 0.717) is 27.5 Å². The number of hydrogen-bond acceptors (Lipinski definition) is 4. The topological polar surface area (TPSA) is 101 Å². The summed E-state index contributed by atoms with van der Waals surface area (Å²) in [6.45, 7) is 6.72. The first-order chi connectivity index (χ1) is 11.6. The average molecular weight is 416 g/mol. The maximum absolute atomic E-state index is 11.1. The zero-order chi connectivity index (χ0) is 18.8. The number of hydrogen-bond donors (Lipinski definition) is 2. The van der Waals surface area contributed by atoms with Crippen LogP contribution in [0.2, 0.25) is 0 Å². The van der Waals surface area contributed by atoms with E-state index in [4.69, 9.17) is 14.7 Å². The predicted molar refractivity (Wildman–Crippen MR) is 95.6 cm³/mol. The van der Waals surface area contributed by atoms with Gasteiger partial charge in [0.25, 0.3) is 0 Å². The van der Waals surface area contributed by atoms with Gasteiger partial charge in [0.15, 0.2) is 5.76 Å². The Morgan fingerprint density at radius 3 is 2.44 bits per heavy atom. The van der Waals surface area contributed by atoms with Crippen molar-refractivity contribution in [2.75, 3.05) is 0 Å². The van der Waals surface area contributed by atoms with Gasteiger partial charge in [0.1, 0.15) is 5.69 Å². The fourth-order valence-electron chi connectivity index (χ4n) is 3.64. The van der Waals surface area contributed by atoms with Crippen LogP contribution in [0.15, 0.2) is 9.00 Å². The van der Waals surface area contributed by atoms with Crippen LogP contribution in [0.3, 0.4) is 0 Å². The van der Waals surface area contributed by atoms with Crippen LogP contribution < -0.4 is 0 Å². The molecule has 1 aliphatic carbocycles. The summed E-state index contributed by atoms with van der Waals surface area (Å²) in [7, 11) is 0. The van der Waals surface area contributed by atoms with Crippen LogP contribution in [0.5, 0.6) is 0 Å². The minimum atomic E-state index is -0.978. The molecule has 7 heteroatoms. The lowest BCUT2D eigenvalue weighted by Crippen LogP contribution is -2.26. The van der Waals surface area contributed by atoms with Crippen LogP contribution >= 0.6 is 15.9 Å². The number of nitrogens with zero attached hydrogens (tertiary/aromatic N) is 1. The Labute approximate surface area is 156 Å². The van der Waals surface area contributed by atoms with Crippen molar-refractivity contribution in [3.05, 3.63) is 15.9 Å². The molecule has 6 nitrogen and oxygen atoms in total. The van der Waals surface area contributed by atoms with Crippen molar-refractivity contribution in [1.29, 1.82) is 0 Å². The summed E-state index contributed by atoms with van der Waals surface area (Å²) in [5.41, 5.74) is 1.15. The van der Waals surface area contributed by atoms with E-state index in [1.165, 1.54) is 6.42 Å². The molecule has 1 fully saturated rings. The van der Waals surface area contributed by atoms with Crippen molar-refractivity contribution in [2.24, 2.45) is 11.3 Å². The van der Waals surface area contributed by atoms with Gasteiger partial charge in [-0.15, -0.1) is 0 Å². The fourth-order valence-corrected chi connectivity index (χ4v) is 4.43. The van der Waals surface area contributed by atoms with Gasteiger partial charge in [-0.05, 0) is 52.9 Å². The van der Waals surface area contributed by atoms with Gasteiger partial charge in [0, 0.05) is 18.3 Å². The summed E-state index contributed by atoms with van der Waals surface area (Å²) in [5.74, 6) is -0.958. The zero-order valence-electron chi connectivity index (χ0n) is 14.9. The quantitative estimate of drug-likeness (QED) is 0.632. The summed E-state index contributed by atoms with van der Waals surface area (Å²) in [4.78, 5) is 21.9. The Bertz CT molecular complexity index is 628. The van der Waals surface area contributed by atoms with Gasteiger partial charge < -0.3 is 14.7 Å². The Kier molecular flexibility index (Phi) is 6.30. The van der Waals surface area contributed by atoms with Crippen molar-refractivity contribution in [3.63, 3.8) is 0 Å². The van der Waals surface area contributed by atoms with Crippen LogP contribution in [0.4, 0.5) is 0 Å². The Balaban J connectivity index is 2.05. The predicted octanol–water partition coefficient (Wildman–Crippen LogP) is 4.79. The second kappa shape index (κ2) is 7.89. The summed E-state index contributed by atoms with van der Waals surface area (Å²) in [6.07, 6.45) is 3.23. The molecule has 140 valence electrons. The maximum Gasteiger partial charge on any atom is 0.304 e. The van der Waals surface area contributed by atoms with Crippen LogP contribution in [0.25, 0.3) is 0 Å². The molecule has 2 rings (SSSR count). The fraction of sp³-hybridized carbons (Fsp3) is 0.722. The van der Waals surface area contributed by atoms with Crippen molar-refractivity contribution in [2.45, 2.75) is 71.1 Å². The van der Waals surface area contributed by atoms with E-state index in [9.17, 15) is 9.59 Å². The second-order valence-corrected chi connectivity index (χ2v) is 9.07. The highest BCUT2D eigenvalue weighted by molar-refractivity contribution is 9.10. The monoisotopic (exact) mass is 415 g/mol. The van der Waals surface area contributed by atoms with Crippen LogP contribution in [-0.4, -0.2) is 27.3 Å². The molecule has 0 unspecified atom stereocenters. The molecule has 0 spiro atoms. The number of rotatable bonds is 8. The Hall–Kier alpha value is -1.37. The molecular formula is C18H26BrNO5. The van der Waals surface area contributed by atoms with Gasteiger partial charge in [0.2, 0.25) is 0 Å². The molecule has 0 bridgehead atoms. The zero-order valence-corrected chi connectivity index (χ0v) is 16.5. The first-order valence-corrected chi connectivity index (χ1v) is 9.44. The lowest BCUT2D eigenvalue weighted by atomic mass is 9.67. The lowest BCUT2D eigenvalue weighted by Gasteiger charge is -2.38. The van der Waals surface area contributed by atoms with E-state index in [0.717, 1.165) is 18.5 Å². The molecule has 1 heterocycles. The van der Waals surface area contributed by atoms with E-state index in [-0.39, 0.29) is 19.3 Å². The number of halogens is 1. The molecule has 0 aliphatic heterocycles. The number of carboxylic acid groups (broad SMARTS) is 2. The molecular weight excluding hydrogens is 390 g/mol. The van der Waals surface area contributed by atoms with Gasteiger partial charge in [-0.25, -0.2) is 0 Å². The van der Waals surface area contributed by atoms with E-state index >= 15 is 0 Å². The number of carbonyl (C=O) groups is 2. The second-order valence-electron chi connectivity index (χ2n) is 8.27. The van der Waals surface area contributed by atoms with Crippen molar-refractivity contribution < 1.29 is 24.3 Å². The minimum absolute atomic E-state index is 0.0997. The average Bonchev–Trinajstić information content (AvgIpc) is 2.78. The summed E-state index contributed by atoms with van der Waals surface area (Å²) in [5, 5.41) is 22.1. The van der Waals surface area contributed by atoms with Crippen molar-refractivity contribution in [3.8, 4) is 0 Å². The molecule has 0 saturated heterocycles. The largest absolute Gasteiger partial charge is 0.481 e. The third-order valence-electron chi connectivity index (χ3n) is 4.71. The molecule has 0 radical (unpaired) electrons. The standard InChI is InChI=1S/C18H26BrNO5/c1-18(2,3)9-10-6-12(7-10)16-15(19)17(25-20-16)11(8-14(23)24)4-5-13(21)22/h10-12H,4-9H2,1-3H3,(H,21,22)(H,23,24)/t10?,11-,12?/m0/s1. The third-order valence-corrected chi connectivity index (χ3v) is 5.50. The summed E-state index contributed by atoms with van der Waals surface area (Å²) < 4.78 is 6.14. The van der Waals surface area contributed by atoms with Gasteiger partial charge in [-0.1, -0.05) is 25.9 Å². The summed E-state index contributed by atoms with van der Waals surface area (Å²) in [6, 6.07) is 0. The highest BCUT2D eigenvalue weighted by Crippen LogP contribution is 2.49. The Morgan fingerprint density at radius 1 is 1.28 bits per heavy atom. The van der Waals surface area contributed by atoms with E-state index in [2.05, 4.69) is 41.9 Å². The minimum Gasteiger partial charge on any atom is -0.481 e. The van der Waals surface area contributed by atoms with E-state index in [1.807, 2.05) is 0 Å². The first kappa shape index (κ1) is 19.9. The molecule has 1 atom stereocenters. The number of carboxylic acids is 2. The van der Waals surface area contributed by atoms with Gasteiger partial charge in [-0.2, -0.15) is 0 Å². The Morgan fingerprint density at radius 2 is 1.92 bits per heavy atom. The highest BCUT2D eigenvalue weighted by atomic mass is 79.9. The molecule has 0 amide bonds. The van der Waals surface area contributed by atoms with E-state index < -0.39 is 17.9 Å². The SMILES string of the molecule is CC(C)(C)CC1CC(c2noc([C@@H](CCC(=O)O)CC(=O)O)c2Br)C1. The number of aromatic nitrogens is 1. The lowest BCUT2D eigenvalue weighted by molar-refractivity contribution is -0.139. The molecule has 0 aromatic carbocycles. The van der Waals surface area contributed by atoms with Crippen LogP contribution in [0.1, 0.15) is 82.6 Å². The highest BCUT2D eigenvalue weighted by Gasteiger charge is 2.37. The molecule has 25 heavy (non-hydrogen) atoms. The van der Waals surface area contributed by atoms with Gasteiger partial charge >= 0.3 is 11.9 Å². The van der Waals surface area contributed by atoms with Crippen LogP contribution in [-0.2, 0) is 9.59 Å². The molecule has 1 aromatic heterocycles. The van der Waals surface area contributed by atoms with Crippen LogP contribution in [0, 0.1) is 11.3 Å². The maximum atomic E-state index is 11.1. The van der Waals surface area contributed by atoms with Crippen molar-refractivity contribution in [1.82, 2.24) is 5.16 Å². The molecule has 1 aromatic rings. The van der Waals surface area contributed by atoms with E-state index in [1.54, 1.807) is 0 Å². The molecule has 2 N–H and O–H groups in total. The summed E-state index contributed by atoms with van der Waals surface area (Å²) >= 11 is 3.51. The van der Waals surface area contributed by atoms with Gasteiger partial charge in [0.05, 0.1) is 10.9 Å².